The first-order valence-corrected chi connectivity index (χ1v) is 7.62. The van der Waals surface area contributed by atoms with Crippen molar-refractivity contribution in [2.75, 3.05) is 0 Å². The Morgan fingerprint density at radius 3 is 1.87 bits per heavy atom. The number of aromatic nitrogens is 1. The summed E-state index contributed by atoms with van der Waals surface area (Å²) in [5.74, 6) is 0. The van der Waals surface area contributed by atoms with Crippen LogP contribution in [0.1, 0.15) is 5.56 Å². The topological polar surface area (TPSA) is 45.4 Å². The number of aryl methyl sites for hydroxylation is 1. The van der Waals surface area contributed by atoms with Gasteiger partial charge in [-0.2, -0.15) is 0 Å². The monoisotopic (exact) mass is 301 g/mol. The molecule has 0 unspecified atom stereocenters. The standard InChI is InChI=1S/C19H16BNO2/c1-13-12-14(20(22)23)10-11-17(13)21-18-8-4-2-6-15(18)16-7-3-5-9-19(16)21/h2-12,22-23H,1H3. The Labute approximate surface area is 134 Å². The van der Waals surface area contributed by atoms with Gasteiger partial charge in [0.25, 0.3) is 0 Å². The first kappa shape index (κ1) is 14.1. The highest BCUT2D eigenvalue weighted by atomic mass is 16.4. The van der Waals surface area contributed by atoms with Crippen LogP contribution in [0.3, 0.4) is 0 Å². The third kappa shape index (κ3) is 2.15. The zero-order valence-electron chi connectivity index (χ0n) is 12.8. The minimum atomic E-state index is -1.44. The highest BCUT2D eigenvalue weighted by molar-refractivity contribution is 6.58. The second-order valence-corrected chi connectivity index (χ2v) is 5.79. The maximum absolute atomic E-state index is 9.36. The van der Waals surface area contributed by atoms with Gasteiger partial charge in [0.2, 0.25) is 0 Å². The Morgan fingerprint density at radius 1 is 0.783 bits per heavy atom. The van der Waals surface area contributed by atoms with E-state index >= 15 is 0 Å². The van der Waals surface area contributed by atoms with Crippen molar-refractivity contribution < 1.29 is 10.0 Å². The molecule has 2 N–H and O–H groups in total. The maximum atomic E-state index is 9.36. The summed E-state index contributed by atoms with van der Waals surface area (Å²) in [5.41, 5.74) is 4.85. The van der Waals surface area contributed by atoms with Crippen molar-refractivity contribution in [3.8, 4) is 5.69 Å². The van der Waals surface area contributed by atoms with Crippen LogP contribution in [-0.2, 0) is 0 Å². The van der Waals surface area contributed by atoms with Gasteiger partial charge in [0.15, 0.2) is 0 Å². The number of fused-ring (bicyclic) bond motifs is 3. The predicted molar refractivity (Wildman–Crippen MR) is 95.3 cm³/mol. The molecule has 0 atom stereocenters. The molecule has 0 saturated heterocycles. The summed E-state index contributed by atoms with van der Waals surface area (Å²) in [6, 6.07) is 22.2. The molecule has 0 aliphatic rings. The third-order valence-electron chi connectivity index (χ3n) is 4.34. The predicted octanol–water partition coefficient (Wildman–Crippen LogP) is 2.77. The SMILES string of the molecule is Cc1cc(B(O)O)ccc1-n1c2ccccc2c2ccccc21. The van der Waals surface area contributed by atoms with Gasteiger partial charge >= 0.3 is 7.12 Å². The Balaban J connectivity index is 2.08. The molecule has 4 aromatic rings. The van der Waals surface area contributed by atoms with Crippen LogP contribution in [0.15, 0.2) is 66.7 Å². The molecule has 0 aliphatic heterocycles. The Morgan fingerprint density at radius 2 is 1.35 bits per heavy atom. The van der Waals surface area contributed by atoms with E-state index in [4.69, 9.17) is 0 Å². The lowest BCUT2D eigenvalue weighted by Gasteiger charge is -2.12. The molecule has 1 heterocycles. The maximum Gasteiger partial charge on any atom is 0.488 e. The van der Waals surface area contributed by atoms with Crippen LogP contribution in [0.5, 0.6) is 0 Å². The van der Waals surface area contributed by atoms with Crippen molar-refractivity contribution in [3.63, 3.8) is 0 Å². The fourth-order valence-corrected chi connectivity index (χ4v) is 3.27. The van der Waals surface area contributed by atoms with E-state index < -0.39 is 7.12 Å². The molecule has 23 heavy (non-hydrogen) atoms. The minimum Gasteiger partial charge on any atom is -0.423 e. The molecule has 0 saturated carbocycles. The molecule has 3 nitrogen and oxygen atoms in total. The van der Waals surface area contributed by atoms with Crippen LogP contribution in [-0.4, -0.2) is 21.7 Å². The minimum absolute atomic E-state index is 0.506. The lowest BCUT2D eigenvalue weighted by atomic mass is 9.79. The molecule has 0 amide bonds. The first-order valence-electron chi connectivity index (χ1n) is 7.62. The van der Waals surface area contributed by atoms with E-state index in [1.54, 1.807) is 6.07 Å². The number of benzene rings is 3. The number of hydrogen-bond acceptors (Lipinski definition) is 2. The smallest absolute Gasteiger partial charge is 0.423 e. The molecule has 0 spiro atoms. The van der Waals surface area contributed by atoms with Gasteiger partial charge in [0.05, 0.1) is 11.0 Å². The van der Waals surface area contributed by atoms with Gasteiger partial charge in [-0.05, 0) is 36.1 Å². The molecule has 1 aromatic heterocycles. The molecular formula is C19H16BNO2. The van der Waals surface area contributed by atoms with Crippen LogP contribution < -0.4 is 5.46 Å². The van der Waals surface area contributed by atoms with Gasteiger partial charge in [0.1, 0.15) is 0 Å². The van der Waals surface area contributed by atoms with Gasteiger partial charge in [0, 0.05) is 16.5 Å². The average molecular weight is 301 g/mol. The summed E-state index contributed by atoms with van der Waals surface area (Å²) >= 11 is 0. The number of hydrogen-bond donors (Lipinski definition) is 2. The fraction of sp³-hybridized carbons (Fsp3) is 0.0526. The van der Waals surface area contributed by atoms with Crippen LogP contribution in [0.2, 0.25) is 0 Å². The zero-order valence-corrected chi connectivity index (χ0v) is 12.8. The summed E-state index contributed by atoms with van der Waals surface area (Å²) in [4.78, 5) is 0. The van der Waals surface area contributed by atoms with Gasteiger partial charge < -0.3 is 14.6 Å². The quantitative estimate of drug-likeness (QED) is 0.559. The lowest BCUT2D eigenvalue weighted by Crippen LogP contribution is -2.30. The second-order valence-electron chi connectivity index (χ2n) is 5.79. The van der Waals surface area contributed by atoms with Crippen LogP contribution >= 0.6 is 0 Å². The van der Waals surface area contributed by atoms with E-state index in [1.807, 2.05) is 31.2 Å². The summed E-state index contributed by atoms with van der Waals surface area (Å²) in [5, 5.41) is 21.2. The van der Waals surface area contributed by atoms with Crippen molar-refractivity contribution in [1.82, 2.24) is 4.57 Å². The highest BCUT2D eigenvalue weighted by Crippen LogP contribution is 2.32. The van der Waals surface area contributed by atoms with E-state index in [2.05, 4.69) is 41.0 Å². The second kappa shape index (κ2) is 5.27. The van der Waals surface area contributed by atoms with E-state index in [0.717, 1.165) is 22.3 Å². The molecule has 0 bridgehead atoms. The largest absolute Gasteiger partial charge is 0.488 e. The summed E-state index contributed by atoms with van der Waals surface area (Å²) in [6.45, 7) is 1.99. The number of para-hydroxylation sites is 2. The first-order chi connectivity index (χ1) is 11.2. The van der Waals surface area contributed by atoms with Crippen molar-refractivity contribution in [2.45, 2.75) is 6.92 Å². The molecule has 4 rings (SSSR count). The van der Waals surface area contributed by atoms with Gasteiger partial charge in [-0.3, -0.25) is 0 Å². The molecule has 0 aliphatic carbocycles. The zero-order chi connectivity index (χ0) is 16.0. The Kier molecular flexibility index (Phi) is 3.22. The molecule has 112 valence electrons. The number of rotatable bonds is 2. The average Bonchev–Trinajstić information content (AvgIpc) is 2.89. The highest BCUT2D eigenvalue weighted by Gasteiger charge is 2.15. The normalized spacial score (nSPS) is 11.3. The fourth-order valence-electron chi connectivity index (χ4n) is 3.27. The van der Waals surface area contributed by atoms with Crippen LogP contribution in [0.4, 0.5) is 0 Å². The van der Waals surface area contributed by atoms with Crippen molar-refractivity contribution >= 4 is 34.4 Å². The van der Waals surface area contributed by atoms with Crippen molar-refractivity contribution in [1.29, 1.82) is 0 Å². The van der Waals surface area contributed by atoms with Gasteiger partial charge in [-0.1, -0.05) is 48.5 Å². The lowest BCUT2D eigenvalue weighted by molar-refractivity contribution is 0.425. The summed E-state index contributed by atoms with van der Waals surface area (Å²) in [7, 11) is -1.44. The van der Waals surface area contributed by atoms with E-state index in [9.17, 15) is 10.0 Å². The van der Waals surface area contributed by atoms with Crippen LogP contribution in [0, 0.1) is 6.92 Å². The number of nitrogens with zero attached hydrogens (tertiary/aromatic N) is 1. The van der Waals surface area contributed by atoms with Gasteiger partial charge in [-0.15, -0.1) is 0 Å². The van der Waals surface area contributed by atoms with E-state index in [1.165, 1.54) is 10.8 Å². The van der Waals surface area contributed by atoms with Crippen LogP contribution in [0.25, 0.3) is 27.5 Å². The van der Waals surface area contributed by atoms with Crippen molar-refractivity contribution in [3.05, 3.63) is 72.3 Å². The Bertz CT molecular complexity index is 967. The molecule has 4 heteroatoms. The molecule has 0 radical (unpaired) electrons. The van der Waals surface area contributed by atoms with Crippen molar-refractivity contribution in [2.24, 2.45) is 0 Å². The molecule has 3 aromatic carbocycles. The summed E-state index contributed by atoms with van der Waals surface area (Å²) in [6.07, 6.45) is 0. The van der Waals surface area contributed by atoms with E-state index in [0.29, 0.717) is 5.46 Å². The summed E-state index contributed by atoms with van der Waals surface area (Å²) < 4.78 is 2.23. The third-order valence-corrected chi connectivity index (χ3v) is 4.34. The Hall–Kier alpha value is -2.56. The molecular weight excluding hydrogens is 285 g/mol. The van der Waals surface area contributed by atoms with Gasteiger partial charge in [-0.25, -0.2) is 0 Å². The van der Waals surface area contributed by atoms with E-state index in [-0.39, 0.29) is 0 Å². The molecule has 0 fully saturated rings.